The van der Waals surface area contributed by atoms with Gasteiger partial charge in [-0.1, -0.05) is 20.8 Å². The zero-order valence-electron chi connectivity index (χ0n) is 14.2. The molecule has 0 heterocycles. The maximum atomic E-state index is 12.0. The Labute approximate surface area is 136 Å². The third-order valence-corrected chi connectivity index (χ3v) is 3.24. The van der Waals surface area contributed by atoms with Gasteiger partial charge in [-0.25, -0.2) is 0 Å². The van der Waals surface area contributed by atoms with Crippen LogP contribution in [0, 0.1) is 5.41 Å². The number of ether oxygens (including phenoxy) is 2. The number of benzene rings is 1. The Bertz CT molecular complexity index is 581. The van der Waals surface area contributed by atoms with Crippen LogP contribution in [0.4, 0.5) is 0 Å². The van der Waals surface area contributed by atoms with E-state index in [2.05, 4.69) is 5.32 Å². The van der Waals surface area contributed by atoms with E-state index in [0.29, 0.717) is 11.5 Å². The van der Waals surface area contributed by atoms with Crippen LogP contribution >= 0.6 is 0 Å². The monoisotopic (exact) mass is 320 g/mol. The second-order valence-corrected chi connectivity index (χ2v) is 6.19. The van der Waals surface area contributed by atoms with Gasteiger partial charge in [-0.15, -0.1) is 0 Å². The molecule has 1 rings (SSSR count). The molecule has 0 saturated carbocycles. The lowest BCUT2D eigenvalue weighted by Crippen LogP contribution is -2.51. The number of nitrogens with one attached hydrogen (secondary N) is 1. The Hall–Kier alpha value is -2.50. The Kier molecular flexibility index (Phi) is 6.18. The lowest BCUT2D eigenvalue weighted by Gasteiger charge is -2.28. The molecule has 6 heteroatoms. The fourth-order valence-corrected chi connectivity index (χ4v) is 2.00. The molecular formula is C17H24N2O4. The molecule has 2 amide bonds. The predicted molar refractivity (Wildman–Crippen MR) is 89.2 cm³/mol. The van der Waals surface area contributed by atoms with E-state index < -0.39 is 23.3 Å². The van der Waals surface area contributed by atoms with Crippen LogP contribution in [0.25, 0.3) is 6.08 Å². The topological polar surface area (TPSA) is 90.6 Å². The van der Waals surface area contributed by atoms with Crippen LogP contribution in [0.1, 0.15) is 26.3 Å². The Balaban J connectivity index is 2.88. The van der Waals surface area contributed by atoms with E-state index in [1.165, 1.54) is 6.08 Å². The number of hydrogen-bond donors (Lipinski definition) is 2. The molecule has 0 spiro atoms. The second kappa shape index (κ2) is 7.67. The van der Waals surface area contributed by atoms with Gasteiger partial charge in [-0.3, -0.25) is 9.59 Å². The van der Waals surface area contributed by atoms with Crippen LogP contribution in [0.15, 0.2) is 24.3 Å². The number of primary amides is 1. The van der Waals surface area contributed by atoms with E-state index in [1.807, 2.05) is 20.8 Å². The summed E-state index contributed by atoms with van der Waals surface area (Å²) in [6, 6.07) is 4.52. The van der Waals surface area contributed by atoms with E-state index in [1.54, 1.807) is 38.5 Å². The molecular weight excluding hydrogens is 296 g/mol. The minimum absolute atomic E-state index is 0.398. The molecule has 23 heavy (non-hydrogen) atoms. The van der Waals surface area contributed by atoms with Crippen LogP contribution in [0.3, 0.4) is 0 Å². The highest BCUT2D eigenvalue weighted by atomic mass is 16.5. The number of amides is 2. The first kappa shape index (κ1) is 18.5. The molecule has 0 fully saturated rings. The van der Waals surface area contributed by atoms with Crippen LogP contribution in [-0.4, -0.2) is 32.1 Å². The van der Waals surface area contributed by atoms with Crippen molar-refractivity contribution in [3.8, 4) is 11.5 Å². The lowest BCUT2D eigenvalue weighted by molar-refractivity contribution is -0.127. The molecule has 0 aliphatic rings. The number of carbonyl (C=O) groups excluding carboxylic acids is 2. The van der Waals surface area contributed by atoms with Gasteiger partial charge in [-0.2, -0.15) is 0 Å². The van der Waals surface area contributed by atoms with Gasteiger partial charge >= 0.3 is 0 Å². The van der Waals surface area contributed by atoms with Gasteiger partial charge in [0.15, 0.2) is 0 Å². The summed E-state index contributed by atoms with van der Waals surface area (Å²) in [5.74, 6) is 0.274. The number of carbonyl (C=O) groups is 2. The van der Waals surface area contributed by atoms with Crippen molar-refractivity contribution in [3.05, 3.63) is 29.8 Å². The maximum absolute atomic E-state index is 12.0. The van der Waals surface area contributed by atoms with Crippen molar-refractivity contribution < 1.29 is 19.1 Å². The van der Waals surface area contributed by atoms with E-state index in [9.17, 15) is 9.59 Å². The van der Waals surface area contributed by atoms with Crippen molar-refractivity contribution in [2.24, 2.45) is 11.1 Å². The van der Waals surface area contributed by atoms with Crippen LogP contribution < -0.4 is 20.5 Å². The zero-order chi connectivity index (χ0) is 17.6. The standard InChI is InChI=1S/C17H24N2O4/c1-17(2,3)15(16(18)21)19-14(20)7-6-11-8-12(22-4)10-13(9-11)23-5/h6-10,15H,1-5H3,(H2,18,21)(H,19,20)/b7-6+/t15-/m1/s1. The third kappa shape index (κ3) is 5.65. The van der Waals surface area contributed by atoms with Crippen molar-refractivity contribution in [2.75, 3.05) is 14.2 Å². The first-order valence-corrected chi connectivity index (χ1v) is 7.18. The van der Waals surface area contributed by atoms with E-state index in [0.717, 1.165) is 5.56 Å². The average molecular weight is 320 g/mol. The first-order chi connectivity index (χ1) is 10.7. The van der Waals surface area contributed by atoms with E-state index in [4.69, 9.17) is 15.2 Å². The molecule has 0 unspecified atom stereocenters. The SMILES string of the molecule is COc1cc(/C=C/C(=O)N[C@H](C(N)=O)C(C)(C)C)cc(OC)c1. The molecule has 0 aromatic heterocycles. The van der Waals surface area contributed by atoms with E-state index >= 15 is 0 Å². The van der Waals surface area contributed by atoms with Crippen molar-refractivity contribution >= 4 is 17.9 Å². The third-order valence-electron chi connectivity index (χ3n) is 3.24. The molecule has 0 bridgehead atoms. The van der Waals surface area contributed by atoms with Crippen LogP contribution in [0.5, 0.6) is 11.5 Å². The summed E-state index contributed by atoms with van der Waals surface area (Å²) < 4.78 is 10.3. The Morgan fingerprint density at radius 1 is 1.13 bits per heavy atom. The molecule has 1 aromatic rings. The predicted octanol–water partition coefficient (Wildman–Crippen LogP) is 1.73. The summed E-state index contributed by atoms with van der Waals surface area (Å²) in [5.41, 5.74) is 5.62. The minimum atomic E-state index is -0.750. The van der Waals surface area contributed by atoms with E-state index in [-0.39, 0.29) is 0 Å². The summed E-state index contributed by atoms with van der Waals surface area (Å²) in [7, 11) is 3.10. The second-order valence-electron chi connectivity index (χ2n) is 6.19. The summed E-state index contributed by atoms with van der Waals surface area (Å²) >= 11 is 0. The van der Waals surface area contributed by atoms with Gasteiger partial charge in [0.2, 0.25) is 11.8 Å². The normalized spacial score (nSPS) is 12.7. The molecule has 0 aliphatic carbocycles. The molecule has 3 N–H and O–H groups in total. The lowest BCUT2D eigenvalue weighted by atomic mass is 9.86. The molecule has 6 nitrogen and oxygen atoms in total. The fraction of sp³-hybridized carbons (Fsp3) is 0.412. The van der Waals surface area contributed by atoms with Gasteiger partial charge < -0.3 is 20.5 Å². The van der Waals surface area contributed by atoms with Crippen molar-refractivity contribution in [3.63, 3.8) is 0 Å². The molecule has 0 saturated heterocycles. The quantitative estimate of drug-likeness (QED) is 0.781. The number of hydrogen-bond acceptors (Lipinski definition) is 4. The molecule has 0 radical (unpaired) electrons. The molecule has 0 aliphatic heterocycles. The van der Waals surface area contributed by atoms with Gasteiger partial charge in [0, 0.05) is 12.1 Å². The highest BCUT2D eigenvalue weighted by Gasteiger charge is 2.30. The average Bonchev–Trinajstić information content (AvgIpc) is 2.48. The van der Waals surface area contributed by atoms with Gasteiger partial charge in [0.1, 0.15) is 17.5 Å². The van der Waals surface area contributed by atoms with Gasteiger partial charge in [-0.05, 0) is 29.2 Å². The van der Waals surface area contributed by atoms with Gasteiger partial charge in [0.25, 0.3) is 0 Å². The Morgan fingerprint density at radius 3 is 2.04 bits per heavy atom. The van der Waals surface area contributed by atoms with Crippen molar-refractivity contribution in [2.45, 2.75) is 26.8 Å². The highest BCUT2D eigenvalue weighted by molar-refractivity contribution is 5.95. The van der Waals surface area contributed by atoms with Crippen LogP contribution in [-0.2, 0) is 9.59 Å². The summed E-state index contributed by atoms with van der Waals surface area (Å²) in [6.07, 6.45) is 2.96. The maximum Gasteiger partial charge on any atom is 0.244 e. The fourth-order valence-electron chi connectivity index (χ4n) is 2.00. The first-order valence-electron chi connectivity index (χ1n) is 7.18. The molecule has 1 atom stereocenters. The Morgan fingerprint density at radius 2 is 1.65 bits per heavy atom. The van der Waals surface area contributed by atoms with Gasteiger partial charge in [0.05, 0.1) is 14.2 Å². The molecule has 126 valence electrons. The minimum Gasteiger partial charge on any atom is -0.497 e. The summed E-state index contributed by atoms with van der Waals surface area (Å²) in [5, 5.41) is 2.62. The van der Waals surface area contributed by atoms with Crippen molar-refractivity contribution in [1.29, 1.82) is 0 Å². The highest BCUT2D eigenvalue weighted by Crippen LogP contribution is 2.23. The number of methoxy groups -OCH3 is 2. The molecule has 1 aromatic carbocycles. The zero-order valence-corrected chi connectivity index (χ0v) is 14.2. The van der Waals surface area contributed by atoms with Crippen molar-refractivity contribution in [1.82, 2.24) is 5.32 Å². The summed E-state index contributed by atoms with van der Waals surface area (Å²) in [6.45, 7) is 5.50. The smallest absolute Gasteiger partial charge is 0.244 e. The largest absolute Gasteiger partial charge is 0.497 e. The summed E-state index contributed by atoms with van der Waals surface area (Å²) in [4.78, 5) is 23.5. The van der Waals surface area contributed by atoms with Crippen LogP contribution in [0.2, 0.25) is 0 Å². The number of nitrogens with two attached hydrogens (primary N) is 1. The number of rotatable bonds is 6.